The Morgan fingerprint density at radius 3 is 2.62 bits per heavy atom. The highest BCUT2D eigenvalue weighted by molar-refractivity contribution is 5.94. The molecule has 0 atom stereocenters. The van der Waals surface area contributed by atoms with Gasteiger partial charge in [0.2, 0.25) is 0 Å². The van der Waals surface area contributed by atoms with Gasteiger partial charge in [0.1, 0.15) is 0 Å². The van der Waals surface area contributed by atoms with E-state index in [4.69, 9.17) is 5.73 Å². The first kappa shape index (κ1) is 17.2. The molecule has 2 rings (SSSR count). The zero-order valence-electron chi connectivity index (χ0n) is 12.2. The maximum absolute atomic E-state index is 12.1. The quantitative estimate of drug-likeness (QED) is 0.885. The van der Waals surface area contributed by atoms with Gasteiger partial charge in [-0.2, -0.15) is 5.10 Å². The third kappa shape index (κ3) is 4.88. The molecule has 6 heteroatoms. The van der Waals surface area contributed by atoms with Crippen LogP contribution in [0, 0.1) is 0 Å². The van der Waals surface area contributed by atoms with Gasteiger partial charge in [-0.3, -0.25) is 9.48 Å². The van der Waals surface area contributed by atoms with Crippen LogP contribution < -0.4 is 11.1 Å². The van der Waals surface area contributed by atoms with Gasteiger partial charge in [0, 0.05) is 18.3 Å². The number of benzene rings is 1. The van der Waals surface area contributed by atoms with Gasteiger partial charge in [-0.05, 0) is 19.4 Å². The van der Waals surface area contributed by atoms with E-state index < -0.39 is 5.54 Å². The number of nitrogens with two attached hydrogens (primary N) is 1. The van der Waals surface area contributed by atoms with Gasteiger partial charge < -0.3 is 11.1 Å². The molecule has 0 saturated heterocycles. The van der Waals surface area contributed by atoms with Gasteiger partial charge in [-0.25, -0.2) is 0 Å². The molecule has 5 nitrogen and oxygen atoms in total. The number of halogens is 1. The minimum atomic E-state index is -0.418. The summed E-state index contributed by atoms with van der Waals surface area (Å²) in [6.45, 7) is 4.81. The summed E-state index contributed by atoms with van der Waals surface area (Å²) in [7, 11) is 0. The molecule has 0 fully saturated rings. The van der Waals surface area contributed by atoms with Crippen LogP contribution in [0.25, 0.3) is 0 Å². The van der Waals surface area contributed by atoms with Crippen molar-refractivity contribution in [2.24, 2.45) is 5.73 Å². The molecular formula is C15H21ClN4O. The lowest BCUT2D eigenvalue weighted by atomic mass is 10.1. The number of nitrogens with zero attached hydrogens (tertiary/aromatic N) is 2. The summed E-state index contributed by atoms with van der Waals surface area (Å²) in [5.41, 5.74) is 6.87. The third-order valence-corrected chi connectivity index (χ3v) is 3.05. The topological polar surface area (TPSA) is 72.9 Å². The van der Waals surface area contributed by atoms with E-state index in [1.54, 1.807) is 17.1 Å². The van der Waals surface area contributed by atoms with Crippen molar-refractivity contribution < 1.29 is 4.79 Å². The summed E-state index contributed by atoms with van der Waals surface area (Å²) in [4.78, 5) is 12.1. The lowest BCUT2D eigenvalue weighted by molar-refractivity contribution is 0.0915. The first-order chi connectivity index (χ1) is 9.50. The molecule has 0 spiro atoms. The van der Waals surface area contributed by atoms with Crippen LogP contribution in [-0.2, 0) is 6.54 Å². The molecule has 0 bridgehead atoms. The number of carbonyl (C=O) groups is 1. The Kier molecular flexibility index (Phi) is 5.93. The molecule has 3 N–H and O–H groups in total. The Balaban J connectivity index is 0.00000220. The number of carbonyl (C=O) groups excluding carboxylic acids is 1. The maximum atomic E-state index is 12.1. The van der Waals surface area contributed by atoms with Crippen molar-refractivity contribution in [2.75, 3.05) is 6.54 Å². The number of hydrogen-bond donors (Lipinski definition) is 2. The molecule has 1 aromatic carbocycles. The van der Waals surface area contributed by atoms with Crippen molar-refractivity contribution >= 4 is 18.3 Å². The Bertz CT molecular complexity index is 580. The average molecular weight is 309 g/mol. The van der Waals surface area contributed by atoms with Crippen molar-refractivity contribution in [2.45, 2.75) is 25.9 Å². The number of nitrogens with one attached hydrogen (secondary N) is 1. The number of rotatable bonds is 5. The van der Waals surface area contributed by atoms with Crippen LogP contribution in [0.3, 0.4) is 0 Å². The lowest BCUT2D eigenvalue weighted by Gasteiger charge is -2.23. The van der Waals surface area contributed by atoms with Crippen molar-refractivity contribution in [3.8, 4) is 0 Å². The summed E-state index contributed by atoms with van der Waals surface area (Å²) < 4.78 is 1.75. The molecule has 1 amide bonds. The van der Waals surface area contributed by atoms with E-state index in [1.165, 1.54) is 0 Å². The van der Waals surface area contributed by atoms with Gasteiger partial charge in [-0.15, -0.1) is 12.4 Å². The number of amides is 1. The molecule has 1 heterocycles. The Hall–Kier alpha value is -1.85. The molecule has 0 radical (unpaired) electrons. The summed E-state index contributed by atoms with van der Waals surface area (Å²) in [6, 6.07) is 9.99. The van der Waals surface area contributed by atoms with E-state index in [-0.39, 0.29) is 18.3 Å². The second-order valence-electron chi connectivity index (χ2n) is 5.45. The van der Waals surface area contributed by atoms with Crippen LogP contribution in [0.4, 0.5) is 0 Å². The molecule has 0 aliphatic rings. The van der Waals surface area contributed by atoms with Crippen LogP contribution in [0.2, 0.25) is 0 Å². The highest BCUT2D eigenvalue weighted by Gasteiger charge is 2.20. The van der Waals surface area contributed by atoms with E-state index in [0.29, 0.717) is 18.7 Å². The third-order valence-electron chi connectivity index (χ3n) is 3.05. The molecule has 0 saturated carbocycles. The summed E-state index contributed by atoms with van der Waals surface area (Å²) >= 11 is 0. The van der Waals surface area contributed by atoms with Crippen LogP contribution in [-0.4, -0.2) is 27.8 Å². The standard InChI is InChI=1S/C15H20N4O.ClH/c1-15(2,11-16)18-14(20)13-8-17-19(10-13)9-12-6-4-3-5-7-12;/h3-8,10H,9,11,16H2,1-2H3,(H,18,20);1H. The molecular weight excluding hydrogens is 288 g/mol. The predicted molar refractivity (Wildman–Crippen MR) is 85.6 cm³/mol. The van der Waals surface area contributed by atoms with Crippen LogP contribution in [0.1, 0.15) is 29.8 Å². The van der Waals surface area contributed by atoms with Gasteiger partial charge in [0.05, 0.1) is 18.3 Å². The predicted octanol–water partition coefficient (Wildman–Crippen LogP) is 1.82. The minimum Gasteiger partial charge on any atom is -0.346 e. The fourth-order valence-electron chi connectivity index (χ4n) is 1.77. The van der Waals surface area contributed by atoms with Gasteiger partial charge >= 0.3 is 0 Å². The minimum absolute atomic E-state index is 0. The molecule has 0 aliphatic carbocycles. The van der Waals surface area contributed by atoms with Crippen LogP contribution >= 0.6 is 12.4 Å². The second kappa shape index (κ2) is 7.24. The van der Waals surface area contributed by atoms with E-state index in [2.05, 4.69) is 10.4 Å². The smallest absolute Gasteiger partial charge is 0.254 e. The molecule has 21 heavy (non-hydrogen) atoms. The highest BCUT2D eigenvalue weighted by Crippen LogP contribution is 2.06. The van der Waals surface area contributed by atoms with Crippen molar-refractivity contribution in [3.05, 3.63) is 53.9 Å². The molecule has 2 aromatic rings. The maximum Gasteiger partial charge on any atom is 0.254 e. The molecule has 114 valence electrons. The van der Waals surface area contributed by atoms with E-state index in [1.807, 2.05) is 44.2 Å². The lowest BCUT2D eigenvalue weighted by Crippen LogP contribution is -2.48. The summed E-state index contributed by atoms with van der Waals surface area (Å²) in [5.74, 6) is -0.153. The number of aromatic nitrogens is 2. The Morgan fingerprint density at radius 1 is 1.33 bits per heavy atom. The Labute approximate surface area is 130 Å². The summed E-state index contributed by atoms with van der Waals surface area (Å²) in [6.07, 6.45) is 3.32. The zero-order chi connectivity index (χ0) is 14.6. The molecule has 1 aromatic heterocycles. The average Bonchev–Trinajstić information content (AvgIpc) is 2.88. The van der Waals surface area contributed by atoms with Crippen LogP contribution in [0.5, 0.6) is 0 Å². The van der Waals surface area contributed by atoms with Crippen molar-refractivity contribution in [1.82, 2.24) is 15.1 Å². The van der Waals surface area contributed by atoms with E-state index in [9.17, 15) is 4.79 Å². The normalized spacial score (nSPS) is 10.8. The highest BCUT2D eigenvalue weighted by atomic mass is 35.5. The zero-order valence-corrected chi connectivity index (χ0v) is 13.1. The van der Waals surface area contributed by atoms with Gasteiger partial charge in [0.15, 0.2) is 0 Å². The fraction of sp³-hybridized carbons (Fsp3) is 0.333. The molecule has 0 unspecified atom stereocenters. The van der Waals surface area contributed by atoms with E-state index in [0.717, 1.165) is 5.56 Å². The monoisotopic (exact) mass is 308 g/mol. The number of hydrogen-bond acceptors (Lipinski definition) is 3. The first-order valence-electron chi connectivity index (χ1n) is 6.59. The van der Waals surface area contributed by atoms with E-state index >= 15 is 0 Å². The fourth-order valence-corrected chi connectivity index (χ4v) is 1.77. The van der Waals surface area contributed by atoms with Crippen molar-refractivity contribution in [1.29, 1.82) is 0 Å². The van der Waals surface area contributed by atoms with Crippen molar-refractivity contribution in [3.63, 3.8) is 0 Å². The van der Waals surface area contributed by atoms with Gasteiger partial charge in [0.25, 0.3) is 5.91 Å². The summed E-state index contributed by atoms with van der Waals surface area (Å²) in [5, 5.41) is 7.10. The first-order valence-corrected chi connectivity index (χ1v) is 6.59. The Morgan fingerprint density at radius 2 is 2.00 bits per heavy atom. The molecule has 0 aliphatic heterocycles. The SMILES string of the molecule is CC(C)(CN)NC(=O)c1cnn(Cc2ccccc2)c1.Cl. The largest absolute Gasteiger partial charge is 0.346 e. The van der Waals surface area contributed by atoms with Crippen LogP contribution in [0.15, 0.2) is 42.7 Å². The second-order valence-corrected chi connectivity index (χ2v) is 5.45. The van der Waals surface area contributed by atoms with Gasteiger partial charge in [-0.1, -0.05) is 30.3 Å².